The molecule has 4 heteroatoms. The van der Waals surface area contributed by atoms with Crippen LogP contribution in [0, 0.1) is 0 Å². The van der Waals surface area contributed by atoms with Crippen molar-refractivity contribution in [3.8, 4) is 0 Å². The van der Waals surface area contributed by atoms with Gasteiger partial charge in [0.2, 0.25) is 0 Å². The lowest BCUT2D eigenvalue weighted by Gasteiger charge is -2.41. The second-order valence-electron chi connectivity index (χ2n) is 4.35. The van der Waals surface area contributed by atoms with Gasteiger partial charge in [-0.3, -0.25) is 4.99 Å². The van der Waals surface area contributed by atoms with E-state index in [0.29, 0.717) is 6.54 Å². The van der Waals surface area contributed by atoms with Crippen LogP contribution in [0.1, 0.15) is 24.8 Å². The van der Waals surface area contributed by atoms with Crippen LogP contribution >= 0.6 is 11.6 Å². The molecule has 4 N–H and O–H groups in total. The van der Waals surface area contributed by atoms with E-state index in [-0.39, 0.29) is 11.4 Å². The molecule has 0 heterocycles. The number of guanidine groups is 1. The third kappa shape index (κ3) is 2.00. The molecule has 16 heavy (non-hydrogen) atoms. The highest BCUT2D eigenvalue weighted by Crippen LogP contribution is 2.46. The Kier molecular flexibility index (Phi) is 3.06. The standard InChI is InChI=1S/C12H16ClN3/c13-10-5-2-1-4-9(10)12(6-3-7-12)8-16-11(14)15/h1-2,4-5H,3,6-8H2,(H4,14,15,16). The minimum absolute atomic E-state index is 0.0579. The molecular formula is C12H16ClN3. The van der Waals surface area contributed by atoms with Gasteiger partial charge >= 0.3 is 0 Å². The monoisotopic (exact) mass is 237 g/mol. The fourth-order valence-corrected chi connectivity index (χ4v) is 2.59. The first kappa shape index (κ1) is 11.3. The van der Waals surface area contributed by atoms with Gasteiger partial charge in [-0.15, -0.1) is 0 Å². The van der Waals surface area contributed by atoms with Crippen LogP contribution in [0.25, 0.3) is 0 Å². The zero-order valence-corrected chi connectivity index (χ0v) is 9.87. The van der Waals surface area contributed by atoms with E-state index in [0.717, 1.165) is 17.9 Å². The van der Waals surface area contributed by atoms with Gasteiger partial charge in [0.15, 0.2) is 5.96 Å². The molecule has 1 aliphatic rings. The van der Waals surface area contributed by atoms with E-state index in [1.54, 1.807) is 0 Å². The highest BCUT2D eigenvalue weighted by atomic mass is 35.5. The highest BCUT2D eigenvalue weighted by molar-refractivity contribution is 6.31. The Hall–Kier alpha value is -1.22. The average Bonchev–Trinajstić information content (AvgIpc) is 2.18. The second-order valence-corrected chi connectivity index (χ2v) is 4.76. The predicted molar refractivity (Wildman–Crippen MR) is 67.7 cm³/mol. The van der Waals surface area contributed by atoms with Crippen LogP contribution in [0.5, 0.6) is 0 Å². The molecule has 0 saturated heterocycles. The Morgan fingerprint density at radius 1 is 1.31 bits per heavy atom. The number of halogens is 1. The molecule has 1 aliphatic carbocycles. The Labute approximate surface area is 100 Å². The van der Waals surface area contributed by atoms with E-state index in [1.807, 2.05) is 18.2 Å². The van der Waals surface area contributed by atoms with Gasteiger partial charge in [0.05, 0.1) is 6.54 Å². The quantitative estimate of drug-likeness (QED) is 0.624. The van der Waals surface area contributed by atoms with E-state index < -0.39 is 0 Å². The first-order valence-electron chi connectivity index (χ1n) is 5.44. The van der Waals surface area contributed by atoms with Gasteiger partial charge in [-0.05, 0) is 24.5 Å². The maximum atomic E-state index is 6.23. The van der Waals surface area contributed by atoms with Crippen molar-refractivity contribution in [2.45, 2.75) is 24.7 Å². The smallest absolute Gasteiger partial charge is 0.185 e. The van der Waals surface area contributed by atoms with Crippen LogP contribution in [0.3, 0.4) is 0 Å². The van der Waals surface area contributed by atoms with Crippen molar-refractivity contribution < 1.29 is 0 Å². The molecule has 0 bridgehead atoms. The molecule has 0 atom stereocenters. The van der Waals surface area contributed by atoms with E-state index >= 15 is 0 Å². The van der Waals surface area contributed by atoms with Gasteiger partial charge in [0.1, 0.15) is 0 Å². The Balaban J connectivity index is 2.28. The van der Waals surface area contributed by atoms with Crippen molar-refractivity contribution in [3.63, 3.8) is 0 Å². The summed E-state index contributed by atoms with van der Waals surface area (Å²) in [6.45, 7) is 0.638. The first-order valence-corrected chi connectivity index (χ1v) is 5.82. The van der Waals surface area contributed by atoms with Gasteiger partial charge in [-0.1, -0.05) is 36.2 Å². The van der Waals surface area contributed by atoms with E-state index in [9.17, 15) is 0 Å². The fraction of sp³-hybridized carbons (Fsp3) is 0.417. The minimum Gasteiger partial charge on any atom is -0.370 e. The zero-order valence-electron chi connectivity index (χ0n) is 9.12. The predicted octanol–water partition coefficient (Wildman–Crippen LogP) is 2.04. The normalized spacial score (nSPS) is 17.6. The molecule has 2 rings (SSSR count). The van der Waals surface area contributed by atoms with Crippen molar-refractivity contribution in [2.24, 2.45) is 16.5 Å². The van der Waals surface area contributed by atoms with Crippen LogP contribution in [-0.2, 0) is 5.41 Å². The van der Waals surface area contributed by atoms with E-state index in [4.69, 9.17) is 23.1 Å². The largest absolute Gasteiger partial charge is 0.370 e. The third-order valence-corrected chi connectivity index (χ3v) is 3.65. The van der Waals surface area contributed by atoms with Gasteiger partial charge in [0, 0.05) is 10.4 Å². The Morgan fingerprint density at radius 2 is 2.00 bits per heavy atom. The van der Waals surface area contributed by atoms with Crippen molar-refractivity contribution >= 4 is 17.6 Å². The molecule has 86 valence electrons. The average molecular weight is 238 g/mol. The van der Waals surface area contributed by atoms with Crippen molar-refractivity contribution in [1.82, 2.24) is 0 Å². The molecule has 0 spiro atoms. The van der Waals surface area contributed by atoms with Gasteiger partial charge in [-0.25, -0.2) is 0 Å². The van der Waals surface area contributed by atoms with Gasteiger partial charge in [-0.2, -0.15) is 0 Å². The molecular weight excluding hydrogens is 222 g/mol. The van der Waals surface area contributed by atoms with Crippen LogP contribution in [0.15, 0.2) is 29.3 Å². The first-order chi connectivity index (χ1) is 7.64. The van der Waals surface area contributed by atoms with Crippen LogP contribution in [0.4, 0.5) is 0 Å². The maximum Gasteiger partial charge on any atom is 0.185 e. The molecule has 3 nitrogen and oxygen atoms in total. The van der Waals surface area contributed by atoms with Crippen LogP contribution < -0.4 is 11.5 Å². The Morgan fingerprint density at radius 3 is 2.50 bits per heavy atom. The molecule has 1 fully saturated rings. The summed E-state index contributed by atoms with van der Waals surface area (Å²) in [5.74, 6) is 0.151. The number of benzene rings is 1. The number of rotatable bonds is 3. The summed E-state index contributed by atoms with van der Waals surface area (Å²) in [4.78, 5) is 4.15. The van der Waals surface area contributed by atoms with Crippen molar-refractivity contribution in [1.29, 1.82) is 0 Å². The SMILES string of the molecule is NC(N)=NCC1(c2ccccc2Cl)CCC1. The fourth-order valence-electron chi connectivity index (χ4n) is 2.25. The number of hydrogen-bond acceptors (Lipinski definition) is 1. The molecule has 1 aromatic carbocycles. The minimum atomic E-state index is 0.0579. The highest BCUT2D eigenvalue weighted by Gasteiger charge is 2.39. The Bertz CT molecular complexity index is 406. The zero-order chi connectivity index (χ0) is 11.6. The van der Waals surface area contributed by atoms with Crippen LogP contribution in [-0.4, -0.2) is 12.5 Å². The summed E-state index contributed by atoms with van der Waals surface area (Å²) < 4.78 is 0. The summed E-state index contributed by atoms with van der Waals surface area (Å²) in [5.41, 5.74) is 12.0. The number of nitrogens with zero attached hydrogens (tertiary/aromatic N) is 1. The van der Waals surface area contributed by atoms with Gasteiger partial charge in [0.25, 0.3) is 0 Å². The van der Waals surface area contributed by atoms with Crippen molar-refractivity contribution in [2.75, 3.05) is 6.54 Å². The lowest BCUT2D eigenvalue weighted by Crippen LogP contribution is -2.39. The summed E-state index contributed by atoms with van der Waals surface area (Å²) in [7, 11) is 0. The second kappa shape index (κ2) is 4.34. The lowest BCUT2D eigenvalue weighted by molar-refractivity contribution is 0.254. The number of nitrogens with two attached hydrogens (primary N) is 2. The van der Waals surface area contributed by atoms with Crippen molar-refractivity contribution in [3.05, 3.63) is 34.9 Å². The van der Waals surface area contributed by atoms with Gasteiger partial charge < -0.3 is 11.5 Å². The molecule has 1 aromatic rings. The molecule has 1 saturated carbocycles. The number of aliphatic imine (C=N–C) groups is 1. The summed E-state index contributed by atoms with van der Waals surface area (Å²) >= 11 is 6.23. The summed E-state index contributed by atoms with van der Waals surface area (Å²) in [6, 6.07) is 7.95. The van der Waals surface area contributed by atoms with E-state index in [2.05, 4.69) is 11.1 Å². The summed E-state index contributed by atoms with van der Waals surface area (Å²) in [5, 5.41) is 0.813. The molecule has 0 aromatic heterocycles. The third-order valence-electron chi connectivity index (χ3n) is 3.32. The molecule has 0 radical (unpaired) electrons. The molecule has 0 aliphatic heterocycles. The van der Waals surface area contributed by atoms with Crippen LogP contribution in [0.2, 0.25) is 5.02 Å². The molecule has 0 amide bonds. The lowest BCUT2D eigenvalue weighted by atomic mass is 9.64. The summed E-state index contributed by atoms with van der Waals surface area (Å²) in [6.07, 6.45) is 3.42. The van der Waals surface area contributed by atoms with E-state index in [1.165, 1.54) is 12.0 Å². The number of hydrogen-bond donors (Lipinski definition) is 2. The topological polar surface area (TPSA) is 64.4 Å². The maximum absolute atomic E-state index is 6.23. The molecule has 0 unspecified atom stereocenters.